The summed E-state index contributed by atoms with van der Waals surface area (Å²) in [5.74, 6) is -0.324. The predicted octanol–water partition coefficient (Wildman–Crippen LogP) is 0.594. The average molecular weight is 209 g/mol. The van der Waals surface area contributed by atoms with Gasteiger partial charge in [0.15, 0.2) is 0 Å². The normalized spacial score (nSPS) is 17.7. The lowest BCUT2D eigenvalue weighted by Crippen LogP contribution is -2.29. The average Bonchev–Trinajstić information content (AvgIpc) is 2.78. The molecule has 1 aromatic rings. The van der Waals surface area contributed by atoms with Crippen molar-refractivity contribution in [2.45, 2.75) is 18.9 Å². The summed E-state index contributed by atoms with van der Waals surface area (Å²) in [6.07, 6.45) is 5.44. The van der Waals surface area contributed by atoms with Crippen molar-refractivity contribution in [1.82, 2.24) is 15.1 Å². The van der Waals surface area contributed by atoms with Crippen molar-refractivity contribution in [1.29, 1.82) is 0 Å². The third kappa shape index (κ3) is 2.18. The largest absolute Gasteiger partial charge is 0.465 e. The van der Waals surface area contributed by atoms with Crippen LogP contribution in [0.25, 0.3) is 0 Å². The van der Waals surface area contributed by atoms with Crippen LogP contribution >= 0.6 is 0 Å². The summed E-state index contributed by atoms with van der Waals surface area (Å²) in [6, 6.07) is 0.407. The number of ether oxygens (including phenoxy) is 1. The second-order valence-electron chi connectivity index (χ2n) is 3.68. The van der Waals surface area contributed by atoms with Crippen LogP contribution in [-0.2, 0) is 4.74 Å². The Morgan fingerprint density at radius 3 is 3.00 bits per heavy atom. The zero-order chi connectivity index (χ0) is 10.7. The minimum atomic E-state index is -0.324. The molecule has 0 aliphatic carbocycles. The molecule has 0 atom stereocenters. The van der Waals surface area contributed by atoms with E-state index in [1.54, 1.807) is 12.4 Å². The van der Waals surface area contributed by atoms with E-state index in [4.69, 9.17) is 0 Å². The highest BCUT2D eigenvalue weighted by Crippen LogP contribution is 2.17. The van der Waals surface area contributed by atoms with E-state index in [1.165, 1.54) is 7.11 Å². The molecule has 1 aromatic heterocycles. The number of hydrogen-bond acceptors (Lipinski definition) is 4. The first-order valence-electron chi connectivity index (χ1n) is 5.14. The van der Waals surface area contributed by atoms with E-state index in [9.17, 15) is 4.79 Å². The number of esters is 1. The molecule has 82 valence electrons. The van der Waals surface area contributed by atoms with Crippen molar-refractivity contribution in [2.24, 2.45) is 0 Å². The summed E-state index contributed by atoms with van der Waals surface area (Å²) in [7, 11) is 1.38. The Morgan fingerprint density at radius 1 is 1.60 bits per heavy atom. The number of carbonyl (C=O) groups excluding carboxylic acids is 1. The van der Waals surface area contributed by atoms with Gasteiger partial charge in [0, 0.05) is 6.20 Å². The van der Waals surface area contributed by atoms with Crippen molar-refractivity contribution in [3.63, 3.8) is 0 Å². The Balaban J connectivity index is 2.08. The molecule has 5 heteroatoms. The van der Waals surface area contributed by atoms with Gasteiger partial charge in [0.05, 0.1) is 24.9 Å². The lowest BCUT2D eigenvalue weighted by Gasteiger charge is -2.22. The molecule has 0 radical (unpaired) electrons. The minimum Gasteiger partial charge on any atom is -0.465 e. The standard InChI is InChI=1S/C10H15N3O2/c1-15-10(14)8-6-12-13(7-8)9-2-4-11-5-3-9/h6-7,9,11H,2-5H2,1H3. The van der Waals surface area contributed by atoms with Crippen LogP contribution in [-0.4, -0.2) is 35.9 Å². The molecular weight excluding hydrogens is 194 g/mol. The number of methoxy groups -OCH3 is 1. The van der Waals surface area contributed by atoms with Gasteiger partial charge in [-0.2, -0.15) is 5.10 Å². The van der Waals surface area contributed by atoms with Crippen LogP contribution < -0.4 is 5.32 Å². The van der Waals surface area contributed by atoms with Gasteiger partial charge in [0.1, 0.15) is 0 Å². The Morgan fingerprint density at radius 2 is 2.33 bits per heavy atom. The van der Waals surface area contributed by atoms with Crippen LogP contribution in [0.4, 0.5) is 0 Å². The van der Waals surface area contributed by atoms with Crippen molar-refractivity contribution in [2.75, 3.05) is 20.2 Å². The van der Waals surface area contributed by atoms with Crippen molar-refractivity contribution >= 4 is 5.97 Å². The Labute approximate surface area is 88.4 Å². The molecule has 0 saturated carbocycles. The SMILES string of the molecule is COC(=O)c1cnn(C2CCNCC2)c1. The summed E-state index contributed by atoms with van der Waals surface area (Å²) in [5.41, 5.74) is 0.524. The fourth-order valence-electron chi connectivity index (χ4n) is 1.83. The summed E-state index contributed by atoms with van der Waals surface area (Å²) in [4.78, 5) is 11.2. The fourth-order valence-corrected chi connectivity index (χ4v) is 1.83. The molecule has 1 saturated heterocycles. The van der Waals surface area contributed by atoms with Crippen molar-refractivity contribution in [3.05, 3.63) is 18.0 Å². The van der Waals surface area contributed by atoms with Gasteiger partial charge in [-0.25, -0.2) is 4.79 Å². The summed E-state index contributed by atoms with van der Waals surface area (Å²) in [6.45, 7) is 2.02. The quantitative estimate of drug-likeness (QED) is 0.724. The molecule has 2 heterocycles. The predicted molar refractivity (Wildman–Crippen MR) is 54.7 cm³/mol. The summed E-state index contributed by atoms with van der Waals surface area (Å²) < 4.78 is 6.50. The van der Waals surface area contributed by atoms with E-state index in [1.807, 2.05) is 4.68 Å². The fraction of sp³-hybridized carbons (Fsp3) is 0.600. The van der Waals surface area contributed by atoms with Crippen LogP contribution in [0, 0.1) is 0 Å². The number of nitrogens with one attached hydrogen (secondary N) is 1. The Hall–Kier alpha value is -1.36. The third-order valence-electron chi connectivity index (χ3n) is 2.71. The summed E-state index contributed by atoms with van der Waals surface area (Å²) >= 11 is 0. The number of carbonyl (C=O) groups is 1. The highest BCUT2D eigenvalue weighted by atomic mass is 16.5. The minimum absolute atomic E-state index is 0.324. The zero-order valence-electron chi connectivity index (χ0n) is 8.77. The van der Waals surface area contributed by atoms with E-state index in [-0.39, 0.29) is 5.97 Å². The van der Waals surface area contributed by atoms with Gasteiger partial charge in [-0.1, -0.05) is 0 Å². The van der Waals surface area contributed by atoms with E-state index in [2.05, 4.69) is 15.2 Å². The van der Waals surface area contributed by atoms with Crippen LogP contribution in [0.1, 0.15) is 29.2 Å². The number of nitrogens with zero attached hydrogens (tertiary/aromatic N) is 2. The van der Waals surface area contributed by atoms with Gasteiger partial charge in [-0.05, 0) is 25.9 Å². The molecule has 1 aliphatic rings. The topological polar surface area (TPSA) is 56.1 Å². The van der Waals surface area contributed by atoms with Gasteiger partial charge in [-0.3, -0.25) is 4.68 Å². The van der Waals surface area contributed by atoms with Crippen LogP contribution in [0.15, 0.2) is 12.4 Å². The number of hydrogen-bond donors (Lipinski definition) is 1. The Kier molecular flexibility index (Phi) is 3.01. The summed E-state index contributed by atoms with van der Waals surface area (Å²) in [5, 5.41) is 7.49. The van der Waals surface area contributed by atoms with Gasteiger partial charge in [0.25, 0.3) is 0 Å². The molecule has 0 unspecified atom stereocenters. The first kappa shape index (κ1) is 10.2. The molecule has 1 aliphatic heterocycles. The van der Waals surface area contributed by atoms with Gasteiger partial charge < -0.3 is 10.1 Å². The molecule has 15 heavy (non-hydrogen) atoms. The number of rotatable bonds is 2. The number of aromatic nitrogens is 2. The van der Waals surface area contributed by atoms with E-state index < -0.39 is 0 Å². The van der Waals surface area contributed by atoms with E-state index in [0.29, 0.717) is 11.6 Å². The maximum absolute atomic E-state index is 11.2. The van der Waals surface area contributed by atoms with Gasteiger partial charge >= 0.3 is 5.97 Å². The molecule has 1 N–H and O–H groups in total. The molecule has 0 bridgehead atoms. The lowest BCUT2D eigenvalue weighted by atomic mass is 10.1. The molecular formula is C10H15N3O2. The smallest absolute Gasteiger partial charge is 0.341 e. The van der Waals surface area contributed by atoms with Crippen LogP contribution in [0.3, 0.4) is 0 Å². The van der Waals surface area contributed by atoms with Crippen LogP contribution in [0.5, 0.6) is 0 Å². The van der Waals surface area contributed by atoms with Crippen LogP contribution in [0.2, 0.25) is 0 Å². The van der Waals surface area contributed by atoms with Gasteiger partial charge in [0.2, 0.25) is 0 Å². The molecule has 0 spiro atoms. The van der Waals surface area contributed by atoms with E-state index >= 15 is 0 Å². The first-order valence-corrected chi connectivity index (χ1v) is 5.14. The maximum Gasteiger partial charge on any atom is 0.341 e. The monoisotopic (exact) mass is 209 g/mol. The highest BCUT2D eigenvalue weighted by Gasteiger charge is 2.17. The number of piperidine rings is 1. The lowest BCUT2D eigenvalue weighted by molar-refractivity contribution is 0.0600. The van der Waals surface area contributed by atoms with Gasteiger partial charge in [-0.15, -0.1) is 0 Å². The van der Waals surface area contributed by atoms with Crippen molar-refractivity contribution in [3.8, 4) is 0 Å². The molecule has 0 aromatic carbocycles. The zero-order valence-corrected chi connectivity index (χ0v) is 8.77. The molecule has 1 fully saturated rings. The second kappa shape index (κ2) is 4.44. The highest BCUT2D eigenvalue weighted by molar-refractivity contribution is 5.88. The molecule has 0 amide bonds. The van der Waals surface area contributed by atoms with Crippen molar-refractivity contribution < 1.29 is 9.53 Å². The Bertz CT molecular complexity index is 342. The first-order chi connectivity index (χ1) is 7.31. The maximum atomic E-state index is 11.2. The third-order valence-corrected chi connectivity index (χ3v) is 2.71. The molecule has 5 nitrogen and oxygen atoms in total. The van der Waals surface area contributed by atoms with E-state index in [0.717, 1.165) is 25.9 Å². The second-order valence-corrected chi connectivity index (χ2v) is 3.68. The molecule has 2 rings (SSSR count).